The molecule has 2 bridgehead atoms. The van der Waals surface area contributed by atoms with Crippen molar-refractivity contribution in [2.45, 2.75) is 31.7 Å². The SMILES string of the molecule is N[C@@H]1C2CC(C2)C[C@@H]1CCO. The Balaban J connectivity index is 1.91. The predicted octanol–water partition coefficient (Wildman–Crippen LogP) is 0.742. The first kappa shape index (κ1) is 7.56. The van der Waals surface area contributed by atoms with Crippen LogP contribution < -0.4 is 5.73 Å². The van der Waals surface area contributed by atoms with Crippen LogP contribution in [-0.4, -0.2) is 17.8 Å². The normalized spacial score (nSPS) is 48.5. The molecule has 0 aromatic heterocycles. The molecule has 3 aliphatic carbocycles. The summed E-state index contributed by atoms with van der Waals surface area (Å²) in [6.45, 7) is 0.317. The van der Waals surface area contributed by atoms with Crippen LogP contribution >= 0.6 is 0 Å². The predicted molar refractivity (Wildman–Crippen MR) is 44.0 cm³/mol. The van der Waals surface area contributed by atoms with E-state index in [9.17, 15) is 0 Å². The van der Waals surface area contributed by atoms with Crippen LogP contribution in [-0.2, 0) is 0 Å². The molecule has 0 saturated heterocycles. The number of hydrogen-bond donors (Lipinski definition) is 2. The molecule has 2 nitrogen and oxygen atoms in total. The minimum Gasteiger partial charge on any atom is -0.396 e. The lowest BCUT2D eigenvalue weighted by molar-refractivity contribution is 0.0313. The highest BCUT2D eigenvalue weighted by atomic mass is 16.3. The van der Waals surface area contributed by atoms with Crippen LogP contribution in [0.4, 0.5) is 0 Å². The van der Waals surface area contributed by atoms with Crippen molar-refractivity contribution in [1.29, 1.82) is 0 Å². The van der Waals surface area contributed by atoms with Gasteiger partial charge >= 0.3 is 0 Å². The molecule has 0 aromatic rings. The van der Waals surface area contributed by atoms with Crippen molar-refractivity contribution >= 4 is 0 Å². The third kappa shape index (κ3) is 1.18. The van der Waals surface area contributed by atoms with Crippen molar-refractivity contribution in [1.82, 2.24) is 0 Å². The largest absolute Gasteiger partial charge is 0.396 e. The van der Waals surface area contributed by atoms with Gasteiger partial charge in [0.1, 0.15) is 0 Å². The zero-order valence-corrected chi connectivity index (χ0v) is 6.87. The van der Waals surface area contributed by atoms with Crippen molar-refractivity contribution in [2.75, 3.05) is 6.61 Å². The van der Waals surface area contributed by atoms with E-state index in [0.717, 1.165) is 18.3 Å². The summed E-state index contributed by atoms with van der Waals surface area (Å²) in [6.07, 6.45) is 4.93. The second kappa shape index (κ2) is 2.76. The molecule has 0 heterocycles. The number of aliphatic hydroxyl groups is 1. The summed E-state index contributed by atoms with van der Waals surface area (Å²) in [5, 5.41) is 8.78. The molecule has 0 aromatic carbocycles. The van der Waals surface area contributed by atoms with Gasteiger partial charge in [0, 0.05) is 12.6 Å². The molecular weight excluding hydrogens is 138 g/mol. The quantitative estimate of drug-likeness (QED) is 0.618. The second-order valence-electron chi connectivity index (χ2n) is 4.18. The summed E-state index contributed by atoms with van der Waals surface area (Å²) >= 11 is 0. The average molecular weight is 155 g/mol. The maximum absolute atomic E-state index is 8.78. The number of nitrogens with two attached hydrogens (primary N) is 1. The first-order chi connectivity index (χ1) is 5.31. The van der Waals surface area contributed by atoms with Crippen LogP contribution in [0.15, 0.2) is 0 Å². The number of aliphatic hydroxyl groups excluding tert-OH is 1. The van der Waals surface area contributed by atoms with E-state index < -0.39 is 0 Å². The van der Waals surface area contributed by atoms with Crippen LogP contribution in [0.5, 0.6) is 0 Å². The summed E-state index contributed by atoms with van der Waals surface area (Å²) < 4.78 is 0. The van der Waals surface area contributed by atoms with E-state index in [1.165, 1.54) is 19.3 Å². The van der Waals surface area contributed by atoms with E-state index in [1.807, 2.05) is 0 Å². The minimum atomic E-state index is 0.317. The highest BCUT2D eigenvalue weighted by molar-refractivity contribution is 4.97. The lowest BCUT2D eigenvalue weighted by Gasteiger charge is -2.49. The molecule has 3 saturated carbocycles. The van der Waals surface area contributed by atoms with Crippen LogP contribution in [0.25, 0.3) is 0 Å². The summed E-state index contributed by atoms with van der Waals surface area (Å²) in [7, 11) is 0. The Morgan fingerprint density at radius 1 is 1.27 bits per heavy atom. The highest BCUT2D eigenvalue weighted by Gasteiger charge is 2.43. The van der Waals surface area contributed by atoms with E-state index in [2.05, 4.69) is 0 Å². The van der Waals surface area contributed by atoms with Gasteiger partial charge in [-0.05, 0) is 43.4 Å². The first-order valence-electron chi connectivity index (χ1n) is 4.67. The monoisotopic (exact) mass is 155 g/mol. The maximum atomic E-state index is 8.78. The topological polar surface area (TPSA) is 46.2 Å². The smallest absolute Gasteiger partial charge is 0.0434 e. The van der Waals surface area contributed by atoms with Gasteiger partial charge in [0.2, 0.25) is 0 Å². The maximum Gasteiger partial charge on any atom is 0.0434 e. The lowest BCUT2D eigenvalue weighted by Crippen LogP contribution is -2.50. The standard InChI is InChI=1S/C9H17NO/c10-9-7(1-2-11)3-6-4-8(9)5-6/h6-9,11H,1-5,10H2/t6?,7-,8?,9-/m0/s1. The van der Waals surface area contributed by atoms with Gasteiger partial charge < -0.3 is 10.8 Å². The highest BCUT2D eigenvalue weighted by Crippen LogP contribution is 2.48. The summed E-state index contributed by atoms with van der Waals surface area (Å²) in [5.74, 6) is 2.37. The van der Waals surface area contributed by atoms with Crippen molar-refractivity contribution in [2.24, 2.45) is 23.5 Å². The van der Waals surface area contributed by atoms with Gasteiger partial charge in [-0.15, -0.1) is 0 Å². The second-order valence-corrected chi connectivity index (χ2v) is 4.18. The summed E-state index contributed by atoms with van der Waals surface area (Å²) in [6, 6.07) is 0.396. The van der Waals surface area contributed by atoms with Gasteiger partial charge in [-0.1, -0.05) is 0 Å². The van der Waals surface area contributed by atoms with Gasteiger partial charge in [-0.3, -0.25) is 0 Å². The molecule has 0 aliphatic heterocycles. The van der Waals surface area contributed by atoms with Gasteiger partial charge in [-0.25, -0.2) is 0 Å². The Hall–Kier alpha value is -0.0800. The Kier molecular flexibility index (Phi) is 1.90. The molecule has 2 heteroatoms. The third-order valence-corrected chi connectivity index (χ3v) is 3.50. The fourth-order valence-electron chi connectivity index (χ4n) is 2.74. The molecule has 3 fully saturated rings. The van der Waals surface area contributed by atoms with E-state index in [1.54, 1.807) is 0 Å². The molecule has 3 N–H and O–H groups in total. The number of hydrogen-bond acceptors (Lipinski definition) is 2. The van der Waals surface area contributed by atoms with Crippen LogP contribution in [0.1, 0.15) is 25.7 Å². The molecule has 64 valence electrons. The van der Waals surface area contributed by atoms with E-state index in [4.69, 9.17) is 10.8 Å². The molecule has 3 rings (SSSR count). The Labute approximate surface area is 67.8 Å². The summed E-state index contributed by atoms with van der Waals surface area (Å²) in [4.78, 5) is 0. The molecule has 2 atom stereocenters. The minimum absolute atomic E-state index is 0.317. The number of fused-ring (bicyclic) bond motifs is 2. The average Bonchev–Trinajstić information content (AvgIpc) is 1.90. The summed E-state index contributed by atoms with van der Waals surface area (Å²) in [5.41, 5.74) is 6.04. The molecule has 0 unspecified atom stereocenters. The molecule has 11 heavy (non-hydrogen) atoms. The molecule has 0 amide bonds. The molecule has 0 radical (unpaired) electrons. The van der Waals surface area contributed by atoms with E-state index in [-0.39, 0.29) is 0 Å². The van der Waals surface area contributed by atoms with Gasteiger partial charge in [0.15, 0.2) is 0 Å². The van der Waals surface area contributed by atoms with Gasteiger partial charge in [0.05, 0.1) is 0 Å². The van der Waals surface area contributed by atoms with Crippen LogP contribution in [0.3, 0.4) is 0 Å². The first-order valence-corrected chi connectivity index (χ1v) is 4.67. The fraction of sp³-hybridized carbons (Fsp3) is 1.00. The van der Waals surface area contributed by atoms with Crippen molar-refractivity contribution in [3.63, 3.8) is 0 Å². The lowest BCUT2D eigenvalue weighted by atomic mass is 9.58. The van der Waals surface area contributed by atoms with Crippen LogP contribution in [0, 0.1) is 17.8 Å². The zero-order valence-electron chi connectivity index (χ0n) is 6.87. The Morgan fingerprint density at radius 3 is 2.55 bits per heavy atom. The zero-order chi connectivity index (χ0) is 7.84. The van der Waals surface area contributed by atoms with E-state index >= 15 is 0 Å². The molecular formula is C9H17NO. The van der Waals surface area contributed by atoms with Crippen LogP contribution in [0.2, 0.25) is 0 Å². The van der Waals surface area contributed by atoms with Gasteiger partial charge in [0.25, 0.3) is 0 Å². The Morgan fingerprint density at radius 2 is 2.00 bits per heavy atom. The number of rotatable bonds is 2. The Bertz CT molecular complexity index is 142. The van der Waals surface area contributed by atoms with Gasteiger partial charge in [-0.2, -0.15) is 0 Å². The molecule has 3 aliphatic rings. The third-order valence-electron chi connectivity index (χ3n) is 3.50. The molecule has 0 spiro atoms. The van der Waals surface area contributed by atoms with Crippen molar-refractivity contribution in [3.05, 3.63) is 0 Å². The van der Waals surface area contributed by atoms with E-state index in [0.29, 0.717) is 18.6 Å². The van der Waals surface area contributed by atoms with Crippen molar-refractivity contribution in [3.8, 4) is 0 Å². The fourth-order valence-corrected chi connectivity index (χ4v) is 2.74. The van der Waals surface area contributed by atoms with Crippen molar-refractivity contribution < 1.29 is 5.11 Å².